The maximum absolute atomic E-state index is 13.3. The molecular formula is C21H27N3O4. The summed E-state index contributed by atoms with van der Waals surface area (Å²) in [5, 5.41) is 9.70. The van der Waals surface area contributed by atoms with Gasteiger partial charge >= 0.3 is 12.0 Å². The Balaban J connectivity index is 1.49. The fraction of sp³-hybridized carbons (Fsp3) is 0.571. The summed E-state index contributed by atoms with van der Waals surface area (Å²) in [6, 6.07) is 6.89. The molecule has 3 amide bonds. The fourth-order valence-corrected chi connectivity index (χ4v) is 4.67. The molecule has 2 atom stereocenters. The van der Waals surface area contributed by atoms with Crippen molar-refractivity contribution in [2.75, 3.05) is 26.2 Å². The van der Waals surface area contributed by atoms with E-state index in [2.05, 4.69) is 0 Å². The van der Waals surface area contributed by atoms with Crippen molar-refractivity contribution in [2.24, 2.45) is 5.92 Å². The van der Waals surface area contributed by atoms with E-state index in [0.29, 0.717) is 32.5 Å². The Bertz CT molecular complexity index is 775. The molecule has 1 N–H and O–H groups in total. The number of fused-ring (bicyclic) bond motifs is 1. The lowest BCUT2D eigenvalue weighted by atomic mass is 9.90. The number of hydrogen-bond donors (Lipinski definition) is 1. The topological polar surface area (TPSA) is 81.2 Å². The molecule has 0 radical (unpaired) electrons. The summed E-state index contributed by atoms with van der Waals surface area (Å²) in [6.07, 6.45) is 3.89. The lowest BCUT2D eigenvalue weighted by molar-refractivity contribution is -0.154. The predicted octanol–water partition coefficient (Wildman–Crippen LogP) is 1.95. The van der Waals surface area contributed by atoms with Gasteiger partial charge in [0, 0.05) is 39.1 Å². The number of rotatable bonds is 2. The highest BCUT2D eigenvalue weighted by atomic mass is 16.4. The first-order valence-electron chi connectivity index (χ1n) is 10.2. The molecule has 0 bridgehead atoms. The highest BCUT2D eigenvalue weighted by Gasteiger charge is 2.39. The van der Waals surface area contributed by atoms with Crippen LogP contribution in [-0.2, 0) is 22.6 Å². The van der Waals surface area contributed by atoms with Gasteiger partial charge in [0.2, 0.25) is 5.91 Å². The monoisotopic (exact) mass is 385 g/mol. The number of nitrogens with zero attached hydrogens (tertiary/aromatic N) is 3. The van der Waals surface area contributed by atoms with Crippen molar-refractivity contribution in [3.8, 4) is 0 Å². The molecule has 28 heavy (non-hydrogen) atoms. The minimum absolute atomic E-state index is 0.0220. The number of piperidine rings is 1. The van der Waals surface area contributed by atoms with Gasteiger partial charge in [-0.2, -0.15) is 0 Å². The molecule has 2 fully saturated rings. The molecule has 2 saturated heterocycles. The average Bonchev–Trinajstić information content (AvgIpc) is 3.26. The predicted molar refractivity (Wildman–Crippen MR) is 103 cm³/mol. The maximum atomic E-state index is 13.3. The third-order valence-corrected chi connectivity index (χ3v) is 6.23. The maximum Gasteiger partial charge on any atom is 0.326 e. The first-order chi connectivity index (χ1) is 13.5. The molecule has 3 aliphatic rings. The van der Waals surface area contributed by atoms with E-state index in [0.717, 1.165) is 43.5 Å². The molecule has 150 valence electrons. The van der Waals surface area contributed by atoms with Crippen molar-refractivity contribution in [3.63, 3.8) is 0 Å². The van der Waals surface area contributed by atoms with Gasteiger partial charge < -0.3 is 19.8 Å². The second-order valence-corrected chi connectivity index (χ2v) is 8.05. The van der Waals surface area contributed by atoms with E-state index in [1.54, 1.807) is 4.90 Å². The van der Waals surface area contributed by atoms with Crippen LogP contribution in [-0.4, -0.2) is 69.9 Å². The van der Waals surface area contributed by atoms with E-state index in [9.17, 15) is 19.5 Å². The third kappa shape index (κ3) is 3.57. The fourth-order valence-electron chi connectivity index (χ4n) is 4.67. The summed E-state index contributed by atoms with van der Waals surface area (Å²) in [5.74, 6) is -1.43. The molecule has 4 rings (SSSR count). The van der Waals surface area contributed by atoms with Gasteiger partial charge in [-0.05, 0) is 36.8 Å². The van der Waals surface area contributed by atoms with Crippen LogP contribution >= 0.6 is 0 Å². The Morgan fingerprint density at radius 1 is 0.929 bits per heavy atom. The molecule has 7 heteroatoms. The van der Waals surface area contributed by atoms with Crippen LogP contribution in [0.4, 0.5) is 4.79 Å². The summed E-state index contributed by atoms with van der Waals surface area (Å²) in [7, 11) is 0. The highest BCUT2D eigenvalue weighted by Crippen LogP contribution is 2.28. The van der Waals surface area contributed by atoms with Gasteiger partial charge in [0.15, 0.2) is 0 Å². The minimum Gasteiger partial charge on any atom is -0.480 e. The van der Waals surface area contributed by atoms with Crippen molar-refractivity contribution in [3.05, 3.63) is 35.4 Å². The number of likely N-dealkylation sites (tertiary alicyclic amines) is 2. The third-order valence-electron chi connectivity index (χ3n) is 6.23. The first-order valence-corrected chi connectivity index (χ1v) is 10.2. The Morgan fingerprint density at radius 2 is 1.61 bits per heavy atom. The molecule has 3 heterocycles. The SMILES string of the molecule is O=C(O)C1Cc2ccccc2CN1C(=O)C1CCCN(C(=O)N2CCCC2)C1. The van der Waals surface area contributed by atoms with Crippen molar-refractivity contribution >= 4 is 17.9 Å². The van der Waals surface area contributed by atoms with Crippen LogP contribution in [0, 0.1) is 5.92 Å². The largest absolute Gasteiger partial charge is 0.480 e. The van der Waals surface area contributed by atoms with Gasteiger partial charge in [0.25, 0.3) is 0 Å². The van der Waals surface area contributed by atoms with Gasteiger partial charge in [0.1, 0.15) is 6.04 Å². The van der Waals surface area contributed by atoms with Crippen molar-refractivity contribution in [1.29, 1.82) is 0 Å². The van der Waals surface area contributed by atoms with Crippen molar-refractivity contribution in [2.45, 2.75) is 44.7 Å². The van der Waals surface area contributed by atoms with Gasteiger partial charge in [0.05, 0.1) is 5.92 Å². The summed E-state index contributed by atoms with van der Waals surface area (Å²) in [4.78, 5) is 43.0. The zero-order valence-corrected chi connectivity index (χ0v) is 16.0. The standard InChI is InChI=1S/C21H27N3O4/c25-19(17-8-5-11-23(13-17)21(28)22-9-3-4-10-22)24-14-16-7-2-1-6-15(16)12-18(24)20(26)27/h1-2,6-7,17-18H,3-5,8-14H2,(H,26,27). The second kappa shape index (κ2) is 7.81. The quantitative estimate of drug-likeness (QED) is 0.844. The molecule has 0 spiro atoms. The van der Waals surface area contributed by atoms with Crippen LogP contribution in [0.25, 0.3) is 0 Å². The molecular weight excluding hydrogens is 358 g/mol. The van der Waals surface area contributed by atoms with E-state index in [1.165, 1.54) is 4.90 Å². The van der Waals surface area contributed by atoms with Crippen LogP contribution in [0.15, 0.2) is 24.3 Å². The Morgan fingerprint density at radius 3 is 2.32 bits per heavy atom. The zero-order valence-electron chi connectivity index (χ0n) is 16.0. The van der Waals surface area contributed by atoms with Crippen LogP contribution in [0.1, 0.15) is 36.8 Å². The summed E-state index contributed by atoms with van der Waals surface area (Å²) in [5.41, 5.74) is 2.00. The minimum atomic E-state index is -0.969. The van der Waals surface area contributed by atoms with E-state index in [-0.39, 0.29) is 17.9 Å². The van der Waals surface area contributed by atoms with Gasteiger partial charge in [-0.1, -0.05) is 24.3 Å². The van der Waals surface area contributed by atoms with E-state index >= 15 is 0 Å². The molecule has 1 aromatic rings. The van der Waals surface area contributed by atoms with Gasteiger partial charge in [-0.3, -0.25) is 4.79 Å². The number of carbonyl (C=O) groups is 3. The lowest BCUT2D eigenvalue weighted by Gasteiger charge is -2.40. The Labute approximate surface area is 164 Å². The van der Waals surface area contributed by atoms with E-state index in [4.69, 9.17) is 0 Å². The summed E-state index contributed by atoms with van der Waals surface area (Å²) >= 11 is 0. The van der Waals surface area contributed by atoms with Crippen LogP contribution in [0.2, 0.25) is 0 Å². The summed E-state index contributed by atoms with van der Waals surface area (Å²) in [6.45, 7) is 2.96. The number of carbonyl (C=O) groups excluding carboxylic acids is 2. The van der Waals surface area contributed by atoms with Crippen molar-refractivity contribution in [1.82, 2.24) is 14.7 Å². The number of hydrogen-bond acceptors (Lipinski definition) is 3. The Hall–Kier alpha value is -2.57. The van der Waals surface area contributed by atoms with Gasteiger partial charge in [-0.15, -0.1) is 0 Å². The Kier molecular flexibility index (Phi) is 5.24. The number of aliphatic carboxylic acids is 1. The van der Waals surface area contributed by atoms with Gasteiger partial charge in [-0.25, -0.2) is 9.59 Å². The molecule has 1 aromatic carbocycles. The number of carboxylic acid groups (broad SMARTS) is 1. The zero-order chi connectivity index (χ0) is 19.7. The van der Waals surface area contributed by atoms with Crippen LogP contribution in [0.3, 0.4) is 0 Å². The van der Waals surface area contributed by atoms with Crippen LogP contribution in [0.5, 0.6) is 0 Å². The van der Waals surface area contributed by atoms with Crippen molar-refractivity contribution < 1.29 is 19.5 Å². The number of urea groups is 1. The van der Waals surface area contributed by atoms with E-state index in [1.807, 2.05) is 29.2 Å². The average molecular weight is 385 g/mol. The molecule has 0 saturated carbocycles. The molecule has 0 aromatic heterocycles. The number of carboxylic acids is 1. The molecule has 3 aliphatic heterocycles. The normalized spacial score (nSPS) is 24.8. The molecule has 2 unspecified atom stereocenters. The molecule has 7 nitrogen and oxygen atoms in total. The number of benzene rings is 1. The first kappa shape index (κ1) is 18.8. The van der Waals surface area contributed by atoms with Crippen LogP contribution < -0.4 is 0 Å². The summed E-state index contributed by atoms with van der Waals surface area (Å²) < 4.78 is 0. The highest BCUT2D eigenvalue weighted by molar-refractivity contribution is 5.86. The number of amides is 3. The second-order valence-electron chi connectivity index (χ2n) is 8.05. The van der Waals surface area contributed by atoms with E-state index < -0.39 is 12.0 Å². The smallest absolute Gasteiger partial charge is 0.326 e. The lowest BCUT2D eigenvalue weighted by Crippen LogP contribution is -2.54. The molecule has 0 aliphatic carbocycles.